The average Bonchev–Trinajstić information content (AvgIpc) is 3.23. The molecule has 8 heteroatoms. The molecule has 2 aromatic carbocycles. The second kappa shape index (κ2) is 9.79. The predicted molar refractivity (Wildman–Crippen MR) is 141 cm³/mol. The zero-order chi connectivity index (χ0) is 31.2. The van der Waals surface area contributed by atoms with E-state index in [1.165, 1.54) is 19.2 Å². The van der Waals surface area contributed by atoms with Crippen molar-refractivity contribution < 1.29 is 14.4 Å². The van der Waals surface area contributed by atoms with Crippen molar-refractivity contribution in [1.29, 1.82) is 0 Å². The number of anilines is 3. The number of benzene rings is 2. The molecule has 0 aliphatic rings. The molecule has 0 fully saturated rings. The van der Waals surface area contributed by atoms with Gasteiger partial charge >= 0.3 is 0 Å². The van der Waals surface area contributed by atoms with E-state index in [0.29, 0.717) is 11.3 Å². The van der Waals surface area contributed by atoms with Crippen LogP contribution < -0.4 is 10.6 Å². The van der Waals surface area contributed by atoms with Crippen LogP contribution in [0, 0.1) is 20.8 Å². The van der Waals surface area contributed by atoms with Crippen LogP contribution in [-0.2, 0) is 0 Å². The number of amides is 1. The van der Waals surface area contributed by atoms with Gasteiger partial charge in [0.05, 0.1) is 25.9 Å². The number of hydrogen-bond acceptors (Lipinski definition) is 6. The fourth-order valence-corrected chi connectivity index (χ4v) is 3.39. The Morgan fingerprint density at radius 2 is 1.97 bits per heavy atom. The monoisotopic (exact) mass is 482 g/mol. The molecule has 3 aromatic heterocycles. The molecule has 3 heterocycles. The number of carbonyl (C=O) groups excluding carboxylic acids is 1. The summed E-state index contributed by atoms with van der Waals surface area (Å²) in [6.45, 7) is 4.83. The fourth-order valence-electron chi connectivity index (χ4n) is 3.39. The number of aryl methyl sites for hydroxylation is 2. The molecule has 5 aromatic rings. The highest BCUT2D eigenvalue weighted by Gasteiger charge is 2.12. The molecule has 5 rings (SSSR count). The quantitative estimate of drug-likeness (QED) is 0.325. The van der Waals surface area contributed by atoms with Crippen molar-refractivity contribution in [1.82, 2.24) is 24.5 Å². The number of imidazole rings is 1. The number of hydrogen-bond donors (Lipinski definition) is 2. The summed E-state index contributed by atoms with van der Waals surface area (Å²) < 4.78 is 59.6. The van der Waals surface area contributed by atoms with Gasteiger partial charge in [-0.05, 0) is 80.3 Å². The lowest BCUT2D eigenvalue weighted by Crippen LogP contribution is -2.13. The normalized spacial score (nSPS) is 13.5. The maximum Gasteiger partial charge on any atom is 0.255 e. The second-order valence-electron chi connectivity index (χ2n) is 7.95. The molecule has 0 saturated heterocycles. The molecule has 0 aliphatic carbocycles. The average molecular weight is 483 g/mol. The van der Waals surface area contributed by atoms with E-state index < -0.39 is 11.9 Å². The summed E-state index contributed by atoms with van der Waals surface area (Å²) in [5, 5.41) is 5.62. The maximum absolute atomic E-state index is 13.4. The number of pyridine rings is 1. The van der Waals surface area contributed by atoms with Crippen LogP contribution >= 0.6 is 0 Å². The lowest BCUT2D eigenvalue weighted by molar-refractivity contribution is 0.102. The Kier molecular flexibility index (Phi) is 4.34. The summed E-state index contributed by atoms with van der Waals surface area (Å²) in [5.41, 5.74) is 2.20. The van der Waals surface area contributed by atoms with Crippen molar-refractivity contribution in [2.24, 2.45) is 0 Å². The van der Waals surface area contributed by atoms with E-state index in [4.69, 9.17) is 9.60 Å². The van der Waals surface area contributed by atoms with E-state index in [2.05, 4.69) is 30.6 Å². The SMILES string of the molecule is [2H]c1nc(Nc2cc(C(=O)Nc3c([2H])c(C)c([2H])c(-n4c([2H])nc(C)c4[2H])c3[2H])ccc2C)nc(-c2cccnc2)c1[2H]. The van der Waals surface area contributed by atoms with Crippen LogP contribution in [0.25, 0.3) is 16.9 Å². The summed E-state index contributed by atoms with van der Waals surface area (Å²) in [5.74, 6) is -0.603. The summed E-state index contributed by atoms with van der Waals surface area (Å²) in [4.78, 5) is 29.9. The van der Waals surface area contributed by atoms with Crippen LogP contribution in [0.15, 0.2) is 85.5 Å². The van der Waals surface area contributed by atoms with Crippen LogP contribution in [0.1, 0.15) is 36.8 Å². The molecule has 0 saturated carbocycles. The predicted octanol–water partition coefficient (Wildman–Crippen LogP) is 5.65. The number of rotatable bonds is 6. The Balaban J connectivity index is 1.50. The van der Waals surface area contributed by atoms with E-state index >= 15 is 0 Å². The van der Waals surface area contributed by atoms with Crippen LogP contribution in [0.2, 0.25) is 0 Å². The Labute approximate surface area is 219 Å². The van der Waals surface area contributed by atoms with Gasteiger partial charge in [-0.15, -0.1) is 0 Å². The van der Waals surface area contributed by atoms with Crippen molar-refractivity contribution >= 4 is 23.2 Å². The molecule has 178 valence electrons. The molecule has 1 amide bonds. The fraction of sp³-hybridized carbons (Fsp3) is 0.107. The molecule has 36 heavy (non-hydrogen) atoms. The van der Waals surface area contributed by atoms with Crippen LogP contribution in [-0.4, -0.2) is 30.4 Å². The molecular weight excluding hydrogens is 450 g/mol. The molecule has 0 aliphatic heterocycles. The molecule has 0 unspecified atom stereocenters. The van der Waals surface area contributed by atoms with Gasteiger partial charge in [-0.25, -0.2) is 15.0 Å². The number of nitrogens with zero attached hydrogens (tertiary/aromatic N) is 5. The van der Waals surface area contributed by atoms with Gasteiger partial charge < -0.3 is 15.2 Å². The largest absolute Gasteiger partial charge is 0.324 e. The standard InChI is InChI=1S/C28H25N7O/c1-18-11-23(14-24(12-18)35-16-20(3)31-17-35)32-27(36)21-7-6-19(2)26(13-21)34-28-30-10-8-25(33-28)22-5-4-9-29-15-22/h4-17H,1-3H3,(H,32,36)(H,30,33,34)/i8D,10D,11D,12D,14D,16D,17D. The van der Waals surface area contributed by atoms with Gasteiger partial charge in [-0.1, -0.05) is 6.07 Å². The van der Waals surface area contributed by atoms with Crippen molar-refractivity contribution in [2.75, 3.05) is 10.6 Å². The Morgan fingerprint density at radius 3 is 2.75 bits per heavy atom. The molecule has 2 N–H and O–H groups in total. The van der Waals surface area contributed by atoms with Crippen LogP contribution in [0.3, 0.4) is 0 Å². The Bertz CT molecular complexity index is 1910. The third-order valence-electron chi connectivity index (χ3n) is 5.15. The van der Waals surface area contributed by atoms with E-state index in [1.807, 2.05) is 0 Å². The highest BCUT2D eigenvalue weighted by atomic mass is 16.1. The summed E-state index contributed by atoms with van der Waals surface area (Å²) in [6.07, 6.45) is 2.32. The molecule has 0 radical (unpaired) electrons. The molecule has 0 spiro atoms. The molecule has 8 nitrogen and oxygen atoms in total. The van der Waals surface area contributed by atoms with Gasteiger partial charge in [0, 0.05) is 52.9 Å². The first-order chi connectivity index (χ1) is 20.4. The zero-order valence-corrected chi connectivity index (χ0v) is 19.7. The van der Waals surface area contributed by atoms with E-state index in [1.54, 1.807) is 44.3 Å². The highest BCUT2D eigenvalue weighted by Crippen LogP contribution is 2.24. The Hall–Kier alpha value is -4.85. The molecule has 0 bridgehead atoms. The van der Waals surface area contributed by atoms with E-state index in [0.717, 1.165) is 10.1 Å². The van der Waals surface area contributed by atoms with Gasteiger partial charge in [-0.3, -0.25) is 9.78 Å². The number of aromatic nitrogens is 5. The third-order valence-corrected chi connectivity index (χ3v) is 5.15. The van der Waals surface area contributed by atoms with Gasteiger partial charge in [-0.2, -0.15) is 0 Å². The van der Waals surface area contributed by atoms with Gasteiger partial charge in [0.1, 0.15) is 1.37 Å². The van der Waals surface area contributed by atoms with E-state index in [9.17, 15) is 4.79 Å². The van der Waals surface area contributed by atoms with Crippen molar-refractivity contribution in [3.8, 4) is 16.9 Å². The summed E-state index contributed by atoms with van der Waals surface area (Å²) in [7, 11) is 0. The van der Waals surface area contributed by atoms with Crippen LogP contribution in [0.4, 0.5) is 17.3 Å². The summed E-state index contributed by atoms with van der Waals surface area (Å²) in [6, 6.07) is 7.18. The number of nitrogens with one attached hydrogen (secondary N) is 2. The van der Waals surface area contributed by atoms with Crippen LogP contribution in [0.5, 0.6) is 0 Å². The first-order valence-corrected chi connectivity index (χ1v) is 11.0. The first-order valence-electron chi connectivity index (χ1n) is 14.5. The van der Waals surface area contributed by atoms with Crippen molar-refractivity contribution in [2.45, 2.75) is 20.8 Å². The lowest BCUT2D eigenvalue weighted by Gasteiger charge is -2.13. The van der Waals surface area contributed by atoms with Gasteiger partial charge in [0.25, 0.3) is 5.91 Å². The topological polar surface area (TPSA) is 97.6 Å². The van der Waals surface area contributed by atoms with E-state index in [-0.39, 0.29) is 76.6 Å². The smallest absolute Gasteiger partial charge is 0.255 e. The van der Waals surface area contributed by atoms with Gasteiger partial charge in [0.15, 0.2) is 0 Å². The van der Waals surface area contributed by atoms with Gasteiger partial charge in [0.2, 0.25) is 5.95 Å². The third kappa shape index (κ3) is 5.12. The lowest BCUT2D eigenvalue weighted by atomic mass is 10.1. The first kappa shape index (κ1) is 15.9. The van der Waals surface area contributed by atoms with Crippen molar-refractivity contribution in [3.63, 3.8) is 0 Å². The zero-order valence-electron chi connectivity index (χ0n) is 26.7. The minimum Gasteiger partial charge on any atom is -0.324 e. The highest BCUT2D eigenvalue weighted by molar-refractivity contribution is 6.05. The maximum atomic E-state index is 13.4. The second-order valence-corrected chi connectivity index (χ2v) is 7.95. The summed E-state index contributed by atoms with van der Waals surface area (Å²) >= 11 is 0. The minimum absolute atomic E-state index is 0.0433. The Morgan fingerprint density at radius 1 is 1.08 bits per heavy atom. The molecular formula is C28H25N7O. The molecule has 0 atom stereocenters. The minimum atomic E-state index is -0.646. The number of carbonyl (C=O) groups is 1. The van der Waals surface area contributed by atoms with Crippen molar-refractivity contribution in [3.05, 3.63) is 108 Å².